The minimum Gasteiger partial charge on any atom is -0.375 e. The molecule has 0 aromatic heterocycles. The molecule has 0 amide bonds. The molecule has 1 saturated carbocycles. The number of nitrogens with zero attached hydrogens (tertiary/aromatic N) is 1. The van der Waals surface area contributed by atoms with Gasteiger partial charge in [0.15, 0.2) is 0 Å². The van der Waals surface area contributed by atoms with Gasteiger partial charge in [-0.05, 0) is 71.4 Å². The first kappa shape index (κ1) is 15.8. The van der Waals surface area contributed by atoms with Crippen molar-refractivity contribution in [1.82, 2.24) is 10.2 Å². The summed E-state index contributed by atoms with van der Waals surface area (Å²) in [4.78, 5) is 2.81. The largest absolute Gasteiger partial charge is 0.375 e. The highest BCUT2D eigenvalue weighted by molar-refractivity contribution is 4.95. The van der Waals surface area contributed by atoms with Crippen LogP contribution in [0.15, 0.2) is 0 Å². The van der Waals surface area contributed by atoms with E-state index in [1.807, 2.05) is 0 Å². The number of ether oxygens (including phenoxy) is 1. The maximum atomic E-state index is 6.24. The lowest BCUT2D eigenvalue weighted by Gasteiger charge is -2.46. The number of nitrogens with one attached hydrogen (secondary N) is 1. The molecule has 0 radical (unpaired) electrons. The molecule has 2 unspecified atom stereocenters. The summed E-state index contributed by atoms with van der Waals surface area (Å²) >= 11 is 0. The first-order chi connectivity index (χ1) is 10.2. The van der Waals surface area contributed by atoms with Crippen LogP contribution in [0.2, 0.25) is 0 Å². The van der Waals surface area contributed by atoms with E-state index in [2.05, 4.69) is 24.1 Å². The van der Waals surface area contributed by atoms with Gasteiger partial charge >= 0.3 is 0 Å². The van der Waals surface area contributed by atoms with Gasteiger partial charge in [-0.2, -0.15) is 0 Å². The third-order valence-electron chi connectivity index (χ3n) is 5.98. The second-order valence-corrected chi connectivity index (χ2v) is 7.89. The van der Waals surface area contributed by atoms with Gasteiger partial charge in [0.25, 0.3) is 0 Å². The van der Waals surface area contributed by atoms with E-state index in [0.717, 1.165) is 18.6 Å². The molecule has 1 spiro atoms. The van der Waals surface area contributed by atoms with E-state index in [9.17, 15) is 0 Å². The quantitative estimate of drug-likeness (QED) is 0.862. The average molecular weight is 294 g/mol. The highest BCUT2D eigenvalue weighted by Gasteiger charge is 2.42. The van der Waals surface area contributed by atoms with E-state index in [-0.39, 0.29) is 5.60 Å². The Morgan fingerprint density at radius 3 is 2.67 bits per heavy atom. The number of piperidine rings is 1. The van der Waals surface area contributed by atoms with Gasteiger partial charge in [-0.15, -0.1) is 0 Å². The van der Waals surface area contributed by atoms with Crippen LogP contribution in [-0.2, 0) is 4.74 Å². The molecule has 3 fully saturated rings. The summed E-state index contributed by atoms with van der Waals surface area (Å²) < 4.78 is 6.24. The van der Waals surface area contributed by atoms with Crippen molar-refractivity contribution < 1.29 is 4.74 Å². The van der Waals surface area contributed by atoms with Crippen molar-refractivity contribution in [2.45, 2.75) is 82.9 Å². The summed E-state index contributed by atoms with van der Waals surface area (Å²) in [6.45, 7) is 9.47. The first-order valence-electron chi connectivity index (χ1n) is 9.29. The van der Waals surface area contributed by atoms with Crippen LogP contribution in [0.5, 0.6) is 0 Å². The van der Waals surface area contributed by atoms with Gasteiger partial charge in [0.1, 0.15) is 0 Å². The van der Waals surface area contributed by atoms with Crippen LogP contribution in [0.1, 0.15) is 65.2 Å². The van der Waals surface area contributed by atoms with Crippen molar-refractivity contribution in [3.8, 4) is 0 Å². The SMILES string of the molecule is CC(C)N(CC1CCCNC1)C1CCOC2(CCCC2)C1. The molecule has 2 heterocycles. The van der Waals surface area contributed by atoms with Crippen molar-refractivity contribution in [2.24, 2.45) is 5.92 Å². The molecule has 1 aliphatic carbocycles. The van der Waals surface area contributed by atoms with Gasteiger partial charge in [-0.25, -0.2) is 0 Å². The summed E-state index contributed by atoms with van der Waals surface area (Å²) in [6.07, 6.45) is 10.6. The van der Waals surface area contributed by atoms with Crippen molar-refractivity contribution >= 4 is 0 Å². The van der Waals surface area contributed by atoms with Gasteiger partial charge in [0.05, 0.1) is 5.60 Å². The molecule has 2 aliphatic heterocycles. The lowest BCUT2D eigenvalue weighted by Crippen LogP contribution is -2.52. The molecular weight excluding hydrogens is 260 g/mol. The molecule has 0 aromatic rings. The van der Waals surface area contributed by atoms with Crippen LogP contribution in [0.3, 0.4) is 0 Å². The predicted octanol–water partition coefficient (Wildman–Crippen LogP) is 3.19. The maximum absolute atomic E-state index is 6.24. The Balaban J connectivity index is 1.62. The maximum Gasteiger partial charge on any atom is 0.0697 e. The fourth-order valence-corrected chi connectivity index (χ4v) is 4.81. The Morgan fingerprint density at radius 1 is 1.19 bits per heavy atom. The highest BCUT2D eigenvalue weighted by atomic mass is 16.5. The highest BCUT2D eigenvalue weighted by Crippen LogP contribution is 2.41. The zero-order valence-electron chi connectivity index (χ0n) is 14.1. The number of hydrogen-bond acceptors (Lipinski definition) is 3. The fourth-order valence-electron chi connectivity index (χ4n) is 4.81. The standard InChI is InChI=1S/C18H34N2O/c1-15(2)20(14-16-6-5-10-19-13-16)17-7-11-21-18(12-17)8-3-4-9-18/h15-17,19H,3-14H2,1-2H3. The van der Waals surface area contributed by atoms with Crippen LogP contribution in [0, 0.1) is 5.92 Å². The average Bonchev–Trinajstić information content (AvgIpc) is 2.93. The Labute approximate surface area is 130 Å². The van der Waals surface area contributed by atoms with Gasteiger partial charge in [0, 0.05) is 25.2 Å². The molecule has 0 aromatic carbocycles. The lowest BCUT2D eigenvalue weighted by atomic mass is 9.86. The second kappa shape index (κ2) is 6.97. The van der Waals surface area contributed by atoms with E-state index < -0.39 is 0 Å². The molecule has 2 saturated heterocycles. The topological polar surface area (TPSA) is 24.5 Å². The zero-order chi connectivity index (χ0) is 14.7. The molecule has 1 N–H and O–H groups in total. The smallest absolute Gasteiger partial charge is 0.0697 e. The third-order valence-corrected chi connectivity index (χ3v) is 5.98. The monoisotopic (exact) mass is 294 g/mol. The number of rotatable bonds is 4. The molecule has 122 valence electrons. The van der Waals surface area contributed by atoms with Gasteiger partial charge in [0.2, 0.25) is 0 Å². The van der Waals surface area contributed by atoms with E-state index in [1.54, 1.807) is 0 Å². The minimum absolute atomic E-state index is 0.251. The van der Waals surface area contributed by atoms with E-state index in [1.165, 1.54) is 71.0 Å². The van der Waals surface area contributed by atoms with Crippen LogP contribution in [-0.4, -0.2) is 48.8 Å². The fraction of sp³-hybridized carbons (Fsp3) is 1.00. The first-order valence-corrected chi connectivity index (χ1v) is 9.29. The lowest BCUT2D eigenvalue weighted by molar-refractivity contribution is -0.107. The van der Waals surface area contributed by atoms with Crippen molar-refractivity contribution in [1.29, 1.82) is 0 Å². The summed E-state index contributed by atoms with van der Waals surface area (Å²) in [7, 11) is 0. The zero-order valence-corrected chi connectivity index (χ0v) is 14.1. The molecule has 2 atom stereocenters. The van der Waals surface area contributed by atoms with Gasteiger partial charge in [-0.3, -0.25) is 4.90 Å². The molecule has 3 aliphatic rings. The molecule has 3 heteroatoms. The summed E-state index contributed by atoms with van der Waals surface area (Å²) in [6, 6.07) is 1.41. The van der Waals surface area contributed by atoms with E-state index in [4.69, 9.17) is 4.74 Å². The molecule has 3 rings (SSSR count). The van der Waals surface area contributed by atoms with Crippen LogP contribution < -0.4 is 5.32 Å². The normalized spacial score (nSPS) is 33.1. The Kier molecular flexibility index (Phi) is 5.23. The Hall–Kier alpha value is -0.120. The number of hydrogen-bond donors (Lipinski definition) is 1. The Morgan fingerprint density at radius 2 is 2.00 bits per heavy atom. The van der Waals surface area contributed by atoms with E-state index in [0.29, 0.717) is 6.04 Å². The summed E-state index contributed by atoms with van der Waals surface area (Å²) in [5.74, 6) is 0.850. The van der Waals surface area contributed by atoms with Crippen LogP contribution in [0.4, 0.5) is 0 Å². The minimum atomic E-state index is 0.251. The van der Waals surface area contributed by atoms with Gasteiger partial charge < -0.3 is 10.1 Å². The van der Waals surface area contributed by atoms with Crippen LogP contribution in [0.25, 0.3) is 0 Å². The third kappa shape index (κ3) is 3.80. The Bertz CT molecular complexity index is 319. The molecule has 0 bridgehead atoms. The van der Waals surface area contributed by atoms with Crippen molar-refractivity contribution in [2.75, 3.05) is 26.2 Å². The molecule has 3 nitrogen and oxygen atoms in total. The predicted molar refractivity (Wildman–Crippen MR) is 87.6 cm³/mol. The van der Waals surface area contributed by atoms with Crippen molar-refractivity contribution in [3.05, 3.63) is 0 Å². The van der Waals surface area contributed by atoms with E-state index >= 15 is 0 Å². The molecule has 21 heavy (non-hydrogen) atoms. The van der Waals surface area contributed by atoms with Gasteiger partial charge in [-0.1, -0.05) is 12.8 Å². The van der Waals surface area contributed by atoms with Crippen molar-refractivity contribution in [3.63, 3.8) is 0 Å². The summed E-state index contributed by atoms with van der Waals surface area (Å²) in [5, 5.41) is 3.58. The summed E-state index contributed by atoms with van der Waals surface area (Å²) in [5.41, 5.74) is 0.251. The molecular formula is C18H34N2O. The van der Waals surface area contributed by atoms with Crippen LogP contribution >= 0.6 is 0 Å². The second-order valence-electron chi connectivity index (χ2n) is 7.89.